The van der Waals surface area contributed by atoms with Crippen molar-refractivity contribution < 1.29 is 17.5 Å². The molecule has 1 fully saturated rings. The average molecular weight is 567 g/mol. The second-order valence-electron chi connectivity index (χ2n) is 8.58. The molecule has 4 rings (SSSR count). The summed E-state index contributed by atoms with van der Waals surface area (Å²) < 4.78 is 45.8. The van der Waals surface area contributed by atoms with Crippen LogP contribution in [-0.4, -0.2) is 60.8 Å². The van der Waals surface area contributed by atoms with Crippen molar-refractivity contribution in [2.75, 3.05) is 43.1 Å². The number of nitrogen functional groups attached to an aromatic ring is 1. The standard InChI is InChI=1S/C24H25Cl2FN6O3S/c1-14(22-18(25)12-30-13-19(22)26)36-16-3-4-21(28)17(10-16)23(29)15-9-20(27)24(31-11-15)32-5-7-33(8-6-32)37(2,34)35/h3-4,9-14,29H,5-8,28H2,1-2H3/t14-/m1/s1. The monoisotopic (exact) mass is 566 g/mol. The molecule has 1 atom stereocenters. The van der Waals surface area contributed by atoms with Crippen molar-refractivity contribution in [2.24, 2.45) is 0 Å². The molecule has 1 aliphatic rings. The molecule has 196 valence electrons. The molecule has 3 aromatic rings. The molecule has 1 aliphatic heterocycles. The van der Waals surface area contributed by atoms with Gasteiger partial charge in [-0.25, -0.2) is 17.8 Å². The van der Waals surface area contributed by atoms with E-state index in [1.807, 2.05) is 0 Å². The van der Waals surface area contributed by atoms with Crippen molar-refractivity contribution >= 4 is 50.4 Å². The van der Waals surface area contributed by atoms with Gasteiger partial charge in [-0.2, -0.15) is 4.31 Å². The Morgan fingerprint density at radius 1 is 1.14 bits per heavy atom. The van der Waals surface area contributed by atoms with E-state index in [2.05, 4.69) is 9.97 Å². The van der Waals surface area contributed by atoms with E-state index in [0.717, 1.165) is 6.26 Å². The first-order valence-corrected chi connectivity index (χ1v) is 13.9. The minimum atomic E-state index is -3.30. The van der Waals surface area contributed by atoms with Gasteiger partial charge in [-0.15, -0.1) is 0 Å². The number of ether oxygens (including phenoxy) is 1. The summed E-state index contributed by atoms with van der Waals surface area (Å²) in [6.07, 6.45) is 4.98. The number of hydrogen-bond donors (Lipinski definition) is 2. The van der Waals surface area contributed by atoms with E-state index in [0.29, 0.717) is 45.7 Å². The Hall–Kier alpha value is -2.99. The first kappa shape index (κ1) is 27.1. The van der Waals surface area contributed by atoms with Crippen LogP contribution >= 0.6 is 23.2 Å². The van der Waals surface area contributed by atoms with Gasteiger partial charge in [0.1, 0.15) is 11.9 Å². The fourth-order valence-electron chi connectivity index (χ4n) is 4.09. The van der Waals surface area contributed by atoms with Crippen LogP contribution in [0.4, 0.5) is 15.9 Å². The van der Waals surface area contributed by atoms with E-state index in [4.69, 9.17) is 39.1 Å². The topological polar surface area (TPSA) is 125 Å². The van der Waals surface area contributed by atoms with E-state index >= 15 is 4.39 Å². The molecule has 3 N–H and O–H groups in total. The third-order valence-corrected chi connectivity index (χ3v) is 7.93. The Bertz CT molecular complexity index is 1430. The van der Waals surface area contributed by atoms with Crippen LogP contribution in [0.3, 0.4) is 0 Å². The Morgan fingerprint density at radius 3 is 2.38 bits per heavy atom. The smallest absolute Gasteiger partial charge is 0.211 e. The van der Waals surface area contributed by atoms with Gasteiger partial charge in [0.15, 0.2) is 11.6 Å². The molecule has 0 spiro atoms. The maximum atomic E-state index is 15.0. The molecule has 0 bridgehead atoms. The summed E-state index contributed by atoms with van der Waals surface area (Å²) in [6.45, 7) is 2.89. The van der Waals surface area contributed by atoms with Crippen LogP contribution in [0.15, 0.2) is 42.9 Å². The van der Waals surface area contributed by atoms with Crippen LogP contribution in [0.5, 0.6) is 5.75 Å². The molecular weight excluding hydrogens is 542 g/mol. The lowest BCUT2D eigenvalue weighted by molar-refractivity contribution is 0.227. The molecular formula is C24H25Cl2FN6O3S. The summed E-state index contributed by atoms with van der Waals surface area (Å²) in [7, 11) is -3.30. The van der Waals surface area contributed by atoms with Crippen LogP contribution in [0.1, 0.15) is 29.7 Å². The second-order valence-corrected chi connectivity index (χ2v) is 11.4. The Labute approximate surface area is 224 Å². The van der Waals surface area contributed by atoms with Gasteiger partial charge in [-0.3, -0.25) is 10.4 Å². The number of nitrogens with zero attached hydrogens (tertiary/aromatic N) is 4. The van der Waals surface area contributed by atoms with Crippen LogP contribution < -0.4 is 15.4 Å². The van der Waals surface area contributed by atoms with Gasteiger partial charge < -0.3 is 15.4 Å². The highest BCUT2D eigenvalue weighted by atomic mass is 35.5. The van der Waals surface area contributed by atoms with Crippen molar-refractivity contribution in [3.8, 4) is 5.75 Å². The largest absolute Gasteiger partial charge is 0.486 e. The maximum absolute atomic E-state index is 15.0. The molecule has 2 aromatic heterocycles. The number of sulfonamides is 1. The minimum Gasteiger partial charge on any atom is -0.486 e. The first-order valence-electron chi connectivity index (χ1n) is 11.3. The SMILES string of the molecule is C[C@@H](Oc1ccc(N)c(C(=N)c2cnc(N3CCN(S(C)(=O)=O)CC3)c(F)c2)c1)c1c(Cl)cncc1Cl. The fourth-order valence-corrected chi connectivity index (χ4v) is 5.58. The third-order valence-electron chi connectivity index (χ3n) is 6.02. The second kappa shape index (κ2) is 10.8. The summed E-state index contributed by atoms with van der Waals surface area (Å²) in [5.41, 5.74) is 7.55. The van der Waals surface area contributed by atoms with Crippen LogP contribution in [-0.2, 0) is 10.0 Å². The number of nitrogens with two attached hydrogens (primary N) is 1. The quantitative estimate of drug-likeness (QED) is 0.325. The van der Waals surface area contributed by atoms with Gasteiger partial charge >= 0.3 is 0 Å². The Morgan fingerprint density at radius 2 is 1.78 bits per heavy atom. The maximum Gasteiger partial charge on any atom is 0.211 e. The number of aromatic nitrogens is 2. The van der Waals surface area contributed by atoms with Crippen molar-refractivity contribution in [1.82, 2.24) is 14.3 Å². The van der Waals surface area contributed by atoms with Gasteiger partial charge in [-0.1, -0.05) is 23.2 Å². The molecule has 0 saturated carbocycles. The molecule has 3 heterocycles. The molecule has 0 unspecified atom stereocenters. The third kappa shape index (κ3) is 5.96. The van der Waals surface area contributed by atoms with Gasteiger partial charge in [0.2, 0.25) is 10.0 Å². The Balaban J connectivity index is 1.52. The highest BCUT2D eigenvalue weighted by molar-refractivity contribution is 7.88. The number of nitrogens with one attached hydrogen (secondary N) is 1. The summed E-state index contributed by atoms with van der Waals surface area (Å²) >= 11 is 12.5. The lowest BCUT2D eigenvalue weighted by Crippen LogP contribution is -2.48. The van der Waals surface area contributed by atoms with E-state index < -0.39 is 21.9 Å². The zero-order valence-electron chi connectivity index (χ0n) is 20.1. The van der Waals surface area contributed by atoms with Crippen LogP contribution in [0.25, 0.3) is 0 Å². The molecule has 0 amide bonds. The lowest BCUT2D eigenvalue weighted by Gasteiger charge is -2.34. The lowest BCUT2D eigenvalue weighted by atomic mass is 10.0. The molecule has 0 aliphatic carbocycles. The number of halogens is 3. The summed E-state index contributed by atoms with van der Waals surface area (Å²) in [4.78, 5) is 9.86. The van der Waals surface area contributed by atoms with E-state index in [-0.39, 0.29) is 30.2 Å². The van der Waals surface area contributed by atoms with Gasteiger partial charge in [-0.05, 0) is 31.2 Å². The highest BCUT2D eigenvalue weighted by Crippen LogP contribution is 2.33. The molecule has 9 nitrogen and oxygen atoms in total. The zero-order valence-corrected chi connectivity index (χ0v) is 22.4. The summed E-state index contributed by atoms with van der Waals surface area (Å²) in [5.74, 6) is -0.0921. The highest BCUT2D eigenvalue weighted by Gasteiger charge is 2.26. The number of hydrogen-bond acceptors (Lipinski definition) is 8. The molecule has 1 saturated heterocycles. The number of benzene rings is 1. The zero-order chi connectivity index (χ0) is 26.9. The number of rotatable bonds is 7. The van der Waals surface area contributed by atoms with Gasteiger partial charge in [0.05, 0.1) is 22.0 Å². The van der Waals surface area contributed by atoms with E-state index in [1.165, 1.54) is 29.0 Å². The van der Waals surface area contributed by atoms with Crippen molar-refractivity contribution in [2.45, 2.75) is 13.0 Å². The van der Waals surface area contributed by atoms with E-state index in [1.54, 1.807) is 30.0 Å². The van der Waals surface area contributed by atoms with Gasteiger partial charge in [0, 0.05) is 67.1 Å². The number of anilines is 2. The average Bonchev–Trinajstić information content (AvgIpc) is 2.84. The predicted molar refractivity (Wildman–Crippen MR) is 143 cm³/mol. The van der Waals surface area contributed by atoms with Crippen molar-refractivity contribution in [3.63, 3.8) is 0 Å². The predicted octanol–water partition coefficient (Wildman–Crippen LogP) is 4.14. The van der Waals surface area contributed by atoms with Crippen molar-refractivity contribution in [3.05, 3.63) is 75.4 Å². The number of piperazine rings is 1. The van der Waals surface area contributed by atoms with E-state index in [9.17, 15) is 8.42 Å². The Kier molecular flexibility index (Phi) is 7.88. The minimum absolute atomic E-state index is 0.0320. The molecule has 1 aromatic carbocycles. The number of pyridine rings is 2. The molecule has 37 heavy (non-hydrogen) atoms. The summed E-state index contributed by atoms with van der Waals surface area (Å²) in [6, 6.07) is 6.07. The summed E-state index contributed by atoms with van der Waals surface area (Å²) in [5, 5.41) is 9.38. The fraction of sp³-hybridized carbons (Fsp3) is 0.292. The van der Waals surface area contributed by atoms with Gasteiger partial charge in [0.25, 0.3) is 0 Å². The van der Waals surface area contributed by atoms with Crippen LogP contribution in [0.2, 0.25) is 10.0 Å². The van der Waals surface area contributed by atoms with Crippen molar-refractivity contribution in [1.29, 1.82) is 5.41 Å². The molecule has 13 heteroatoms. The first-order chi connectivity index (χ1) is 17.5. The van der Waals surface area contributed by atoms with Crippen LogP contribution in [0, 0.1) is 11.2 Å². The molecule has 0 radical (unpaired) electrons. The normalized spacial score (nSPS) is 15.4.